The summed E-state index contributed by atoms with van der Waals surface area (Å²) in [4.78, 5) is 29.5. The maximum Gasteiger partial charge on any atom is 0.373 e. The van der Waals surface area contributed by atoms with E-state index in [1.165, 1.54) is 0 Å². The summed E-state index contributed by atoms with van der Waals surface area (Å²) in [6, 6.07) is 1.14. The molecule has 0 bridgehead atoms. The Labute approximate surface area is 97.9 Å². The van der Waals surface area contributed by atoms with E-state index in [2.05, 4.69) is 17.2 Å². The molecule has 0 spiro atoms. The zero-order chi connectivity index (χ0) is 13.2. The SMILES string of the molecule is O=[N+]([O-])c1cc([N+](=O)[O-])c(O)c([N+](=O)OS)c1. The van der Waals surface area contributed by atoms with Gasteiger partial charge in [0.25, 0.3) is 16.4 Å². The van der Waals surface area contributed by atoms with Gasteiger partial charge in [-0.15, -0.1) is 0 Å². The Morgan fingerprint density at radius 3 is 2.06 bits per heavy atom. The molecule has 1 aromatic carbocycles. The van der Waals surface area contributed by atoms with Crippen molar-refractivity contribution in [1.29, 1.82) is 0 Å². The molecule has 0 aliphatic carbocycles. The molecule has 1 aromatic rings. The predicted octanol–water partition coefficient (Wildman–Crippen LogP) is 1.40. The standard InChI is InChI=1S/C6H3N3O7S/c10-6-4(8(13)14)1-3(7(11)12)2-5(6)9(15)16-17/h1-2H,(H-,10,15,17)/p+1. The molecule has 0 heterocycles. The second kappa shape index (κ2) is 4.61. The van der Waals surface area contributed by atoms with Gasteiger partial charge in [-0.3, -0.25) is 20.2 Å². The van der Waals surface area contributed by atoms with Crippen LogP contribution >= 0.6 is 12.9 Å². The highest BCUT2D eigenvalue weighted by Gasteiger charge is 2.34. The minimum atomic E-state index is -1.07. The van der Waals surface area contributed by atoms with Crippen LogP contribution in [0.15, 0.2) is 12.1 Å². The summed E-state index contributed by atoms with van der Waals surface area (Å²) in [5.41, 5.74) is -2.52. The molecule has 0 atom stereocenters. The molecule has 0 radical (unpaired) electrons. The first kappa shape index (κ1) is 12.6. The number of phenolic OH excluding ortho intramolecular Hbond substituents is 1. The fourth-order valence-electron chi connectivity index (χ4n) is 1.02. The van der Waals surface area contributed by atoms with E-state index in [-0.39, 0.29) is 0 Å². The lowest BCUT2D eigenvalue weighted by Crippen LogP contribution is -1.99. The summed E-state index contributed by atoms with van der Waals surface area (Å²) >= 11 is 3.11. The molecule has 0 saturated heterocycles. The van der Waals surface area contributed by atoms with Crippen LogP contribution in [0.5, 0.6) is 5.75 Å². The Hall–Kier alpha value is -2.43. The summed E-state index contributed by atoms with van der Waals surface area (Å²) in [6.07, 6.45) is 0. The third-order valence-corrected chi connectivity index (χ3v) is 1.88. The van der Waals surface area contributed by atoms with E-state index < -0.39 is 37.6 Å². The first-order chi connectivity index (χ1) is 7.88. The van der Waals surface area contributed by atoms with Crippen LogP contribution in [0.25, 0.3) is 0 Å². The van der Waals surface area contributed by atoms with Gasteiger partial charge in [-0.25, -0.2) is 0 Å². The lowest BCUT2D eigenvalue weighted by Gasteiger charge is -1.96. The van der Waals surface area contributed by atoms with Crippen molar-refractivity contribution in [3.8, 4) is 5.75 Å². The van der Waals surface area contributed by atoms with Crippen molar-refractivity contribution in [2.45, 2.75) is 0 Å². The molecule has 1 rings (SSSR count). The smallest absolute Gasteiger partial charge is 0.373 e. The largest absolute Gasteiger partial charge is 0.497 e. The molecular formula is C6H4N3O7S+. The van der Waals surface area contributed by atoms with Gasteiger partial charge >= 0.3 is 11.4 Å². The minimum Gasteiger partial charge on any atom is -0.497 e. The second-order valence-corrected chi connectivity index (χ2v) is 2.85. The number of hydrogen-bond acceptors (Lipinski definition) is 8. The number of aromatic hydroxyl groups is 1. The van der Waals surface area contributed by atoms with Crippen molar-refractivity contribution in [2.75, 3.05) is 0 Å². The van der Waals surface area contributed by atoms with Gasteiger partial charge in [0.05, 0.1) is 20.8 Å². The normalized spacial score (nSPS) is 9.71. The van der Waals surface area contributed by atoms with Crippen molar-refractivity contribution >= 4 is 30.0 Å². The van der Waals surface area contributed by atoms with Crippen LogP contribution in [0.4, 0.5) is 17.1 Å². The molecule has 0 aromatic heterocycles. The van der Waals surface area contributed by atoms with Gasteiger partial charge < -0.3 is 5.11 Å². The highest BCUT2D eigenvalue weighted by atomic mass is 32.1. The fourth-order valence-corrected chi connectivity index (χ4v) is 1.11. The van der Waals surface area contributed by atoms with Gasteiger partial charge in [0.1, 0.15) is 19.0 Å². The highest BCUT2D eigenvalue weighted by Crippen LogP contribution is 2.39. The maximum atomic E-state index is 11.0. The van der Waals surface area contributed by atoms with Gasteiger partial charge in [-0.05, 0) is 0 Å². The van der Waals surface area contributed by atoms with Crippen molar-refractivity contribution in [1.82, 2.24) is 0 Å². The Morgan fingerprint density at radius 2 is 1.65 bits per heavy atom. The first-order valence-electron chi connectivity index (χ1n) is 3.83. The summed E-state index contributed by atoms with van der Waals surface area (Å²) < 4.78 is 3.85. The fraction of sp³-hybridized carbons (Fsp3) is 0. The third kappa shape index (κ3) is 2.39. The average Bonchev–Trinajstić information content (AvgIpc) is 2.27. The number of nitro groups is 2. The van der Waals surface area contributed by atoms with Gasteiger partial charge in [-0.1, -0.05) is 0 Å². The molecule has 0 fully saturated rings. The zero-order valence-electron chi connectivity index (χ0n) is 7.84. The molecular weight excluding hydrogens is 258 g/mol. The Morgan fingerprint density at radius 1 is 1.12 bits per heavy atom. The van der Waals surface area contributed by atoms with Crippen LogP contribution in [0.3, 0.4) is 0 Å². The number of thiol groups is 1. The third-order valence-electron chi connectivity index (χ3n) is 1.73. The van der Waals surface area contributed by atoms with E-state index in [9.17, 15) is 30.2 Å². The highest BCUT2D eigenvalue weighted by molar-refractivity contribution is 7.74. The number of rotatable bonds is 4. The molecule has 10 nitrogen and oxygen atoms in total. The average molecular weight is 262 g/mol. The van der Waals surface area contributed by atoms with Crippen LogP contribution in [-0.2, 0) is 4.28 Å². The van der Waals surface area contributed by atoms with Crippen molar-refractivity contribution in [3.05, 3.63) is 37.3 Å². The van der Waals surface area contributed by atoms with Crippen LogP contribution in [0.2, 0.25) is 0 Å². The number of non-ortho nitro benzene ring substituents is 1. The molecule has 17 heavy (non-hydrogen) atoms. The number of hydrogen-bond donors (Lipinski definition) is 2. The van der Waals surface area contributed by atoms with Crippen LogP contribution < -0.4 is 0 Å². The van der Waals surface area contributed by atoms with E-state index in [1.807, 2.05) is 0 Å². The van der Waals surface area contributed by atoms with E-state index >= 15 is 0 Å². The van der Waals surface area contributed by atoms with Gasteiger partial charge in [0, 0.05) is 0 Å². The molecule has 0 aliphatic heterocycles. The predicted molar refractivity (Wildman–Crippen MR) is 54.8 cm³/mol. The second-order valence-electron chi connectivity index (χ2n) is 2.69. The lowest BCUT2D eigenvalue weighted by molar-refractivity contribution is -0.693. The maximum absolute atomic E-state index is 11.0. The quantitative estimate of drug-likeness (QED) is 0.362. The van der Waals surface area contributed by atoms with Crippen molar-refractivity contribution in [2.24, 2.45) is 0 Å². The Kier molecular flexibility index (Phi) is 3.43. The molecule has 0 saturated carbocycles. The molecule has 0 aliphatic rings. The van der Waals surface area contributed by atoms with Gasteiger partial charge in [-0.2, -0.15) is 4.28 Å². The summed E-state index contributed by atoms with van der Waals surface area (Å²) in [5.74, 6) is -1.05. The van der Waals surface area contributed by atoms with Crippen LogP contribution in [0.1, 0.15) is 0 Å². The minimum absolute atomic E-state index is 0.404. The topological polar surface area (TPSA) is 136 Å². The molecule has 90 valence electrons. The Bertz CT molecular complexity index is 517. The van der Waals surface area contributed by atoms with Gasteiger partial charge in [0.2, 0.25) is 0 Å². The summed E-state index contributed by atoms with van der Waals surface area (Å²) in [6.45, 7) is 0. The molecule has 0 amide bonds. The number of nitro benzene ring substituents is 2. The number of phenols is 1. The van der Waals surface area contributed by atoms with Crippen LogP contribution in [0, 0.1) is 25.1 Å². The first-order valence-corrected chi connectivity index (χ1v) is 4.19. The van der Waals surface area contributed by atoms with E-state index in [0.717, 1.165) is 0 Å². The van der Waals surface area contributed by atoms with Crippen molar-refractivity contribution in [3.63, 3.8) is 0 Å². The van der Waals surface area contributed by atoms with E-state index in [4.69, 9.17) is 0 Å². The summed E-state index contributed by atoms with van der Waals surface area (Å²) in [7, 11) is 0. The number of benzene rings is 1. The van der Waals surface area contributed by atoms with Crippen LogP contribution in [-0.4, -0.2) is 19.9 Å². The van der Waals surface area contributed by atoms with Gasteiger partial charge in [0.15, 0.2) is 0 Å². The zero-order valence-corrected chi connectivity index (χ0v) is 8.73. The molecule has 0 unspecified atom stereocenters. The molecule has 1 N–H and O–H groups in total. The lowest BCUT2D eigenvalue weighted by atomic mass is 10.2. The monoisotopic (exact) mass is 262 g/mol. The van der Waals surface area contributed by atoms with E-state index in [0.29, 0.717) is 12.1 Å². The van der Waals surface area contributed by atoms with Crippen molar-refractivity contribution < 1.29 is 24.2 Å². The Balaban J connectivity index is 3.54. The number of nitrogens with zero attached hydrogens (tertiary/aromatic N) is 3. The molecule has 11 heteroatoms. The summed E-state index contributed by atoms with van der Waals surface area (Å²) in [5, 5.41) is 30.3. The van der Waals surface area contributed by atoms with E-state index in [1.54, 1.807) is 0 Å².